The molecule has 1 N–H and O–H groups in total. The normalized spacial score (nSPS) is 15.2. The monoisotopic (exact) mass is 695 g/mol. The van der Waals surface area contributed by atoms with Crippen molar-refractivity contribution in [2.45, 2.75) is 45.5 Å². The van der Waals surface area contributed by atoms with E-state index in [1.807, 2.05) is 57.2 Å². The Balaban J connectivity index is 1.12. The second-order valence-electron chi connectivity index (χ2n) is 13.1. The van der Waals surface area contributed by atoms with Gasteiger partial charge in [0.05, 0.1) is 7.11 Å². The van der Waals surface area contributed by atoms with Gasteiger partial charge in [-0.15, -0.1) is 11.3 Å². The van der Waals surface area contributed by atoms with Gasteiger partial charge in [-0.25, -0.2) is 14.2 Å². The number of fused-ring (bicyclic) bond motifs is 1. The number of hydrogen-bond donors (Lipinski definition) is 1. The maximum absolute atomic E-state index is 14.5. The smallest absolute Gasteiger partial charge is 0.410 e. The van der Waals surface area contributed by atoms with Crippen molar-refractivity contribution < 1.29 is 28.2 Å². The summed E-state index contributed by atoms with van der Waals surface area (Å²) in [5.41, 5.74) is 3.51. The Labute approximate surface area is 294 Å². The van der Waals surface area contributed by atoms with Gasteiger partial charge in [0.1, 0.15) is 23.2 Å². The molecule has 6 rings (SSSR count). The van der Waals surface area contributed by atoms with Crippen LogP contribution < -0.4 is 10.1 Å². The predicted molar refractivity (Wildman–Crippen MR) is 188 cm³/mol. The molecule has 3 heterocycles. The lowest BCUT2D eigenvalue weighted by atomic mass is 10.0. The van der Waals surface area contributed by atoms with E-state index in [-0.39, 0.29) is 29.9 Å². The maximum atomic E-state index is 14.5. The molecule has 50 heavy (non-hydrogen) atoms. The molecule has 0 aliphatic carbocycles. The Bertz CT molecular complexity index is 1940. The van der Waals surface area contributed by atoms with Crippen LogP contribution in [0.3, 0.4) is 0 Å². The number of hydrogen-bond acceptors (Lipinski definition) is 8. The molecule has 12 heteroatoms. The number of halogens is 1. The summed E-state index contributed by atoms with van der Waals surface area (Å²) in [6, 6.07) is 16.2. The van der Waals surface area contributed by atoms with Gasteiger partial charge in [-0.1, -0.05) is 30.0 Å². The van der Waals surface area contributed by atoms with Gasteiger partial charge in [0.15, 0.2) is 5.13 Å². The number of methoxy groups -OCH3 is 1. The van der Waals surface area contributed by atoms with Gasteiger partial charge < -0.3 is 19.3 Å². The molecule has 0 saturated carbocycles. The Kier molecular flexibility index (Phi) is 10.2. The van der Waals surface area contributed by atoms with Crippen LogP contribution in [-0.2, 0) is 22.6 Å². The van der Waals surface area contributed by atoms with Crippen LogP contribution in [-0.4, -0.2) is 76.5 Å². The molecule has 258 valence electrons. The summed E-state index contributed by atoms with van der Waals surface area (Å²) in [5.74, 6) is 5.17. The second-order valence-corrected chi connectivity index (χ2v) is 14.0. The van der Waals surface area contributed by atoms with Crippen molar-refractivity contribution in [1.29, 1.82) is 0 Å². The molecule has 4 aromatic rings. The summed E-state index contributed by atoms with van der Waals surface area (Å²) in [6.45, 7) is 9.31. The Morgan fingerprint density at radius 3 is 2.40 bits per heavy atom. The number of nitrogens with zero attached hydrogens (tertiary/aromatic N) is 4. The summed E-state index contributed by atoms with van der Waals surface area (Å²) in [4.78, 5) is 49.5. The van der Waals surface area contributed by atoms with Crippen LogP contribution in [0.5, 0.6) is 5.75 Å². The maximum Gasteiger partial charge on any atom is 0.410 e. The number of piperazine rings is 1. The van der Waals surface area contributed by atoms with Crippen LogP contribution in [0.4, 0.5) is 14.3 Å². The Morgan fingerprint density at radius 2 is 1.72 bits per heavy atom. The Hall–Kier alpha value is -5.25. The minimum atomic E-state index is -1.17. The van der Waals surface area contributed by atoms with Gasteiger partial charge in [0.2, 0.25) is 0 Å². The molecule has 0 bridgehead atoms. The van der Waals surface area contributed by atoms with Crippen molar-refractivity contribution in [3.8, 4) is 17.6 Å². The zero-order chi connectivity index (χ0) is 35.4. The van der Waals surface area contributed by atoms with E-state index in [0.717, 1.165) is 36.3 Å². The highest BCUT2D eigenvalue weighted by atomic mass is 32.1. The standard InChI is InChI=1S/C38H38FN5O5S/c1-38(2,3)49-37(47)43-18-16-42(17-19-43)23-27-9-6-25(7-10-27)5-8-26-11-12-28-24-44(35(46)30(28)21-26)33(34(45)41-36-40-15-20-50-36)31-22-29(39)13-14-32(31)48-4/h6-7,9-15,20-22,33H,16-19,23-24H2,1-4H3,(H,40,41,45)/t33-/m1/s1. The van der Waals surface area contributed by atoms with Crippen LogP contribution >= 0.6 is 11.3 Å². The van der Waals surface area contributed by atoms with Crippen molar-refractivity contribution in [3.05, 3.63) is 111 Å². The first-order valence-electron chi connectivity index (χ1n) is 16.3. The highest BCUT2D eigenvalue weighted by Crippen LogP contribution is 2.37. The summed E-state index contributed by atoms with van der Waals surface area (Å²) >= 11 is 1.24. The fraction of sp³-hybridized carbons (Fsp3) is 0.316. The molecule has 2 aliphatic rings. The predicted octanol–water partition coefficient (Wildman–Crippen LogP) is 6.08. The summed E-state index contributed by atoms with van der Waals surface area (Å²) < 4.78 is 25.4. The van der Waals surface area contributed by atoms with Crippen LogP contribution in [0.1, 0.15) is 65.0 Å². The van der Waals surface area contributed by atoms with E-state index in [2.05, 4.69) is 27.0 Å². The number of benzene rings is 3. The van der Waals surface area contributed by atoms with E-state index in [4.69, 9.17) is 9.47 Å². The van der Waals surface area contributed by atoms with Crippen LogP contribution in [0.25, 0.3) is 0 Å². The number of thiazole rings is 1. The van der Waals surface area contributed by atoms with Crippen LogP contribution in [0.15, 0.2) is 72.2 Å². The van der Waals surface area contributed by atoms with Crippen molar-refractivity contribution >= 4 is 34.4 Å². The third kappa shape index (κ3) is 8.13. The van der Waals surface area contributed by atoms with Gasteiger partial charge >= 0.3 is 6.09 Å². The summed E-state index contributed by atoms with van der Waals surface area (Å²) in [6.07, 6.45) is 1.29. The largest absolute Gasteiger partial charge is 0.496 e. The zero-order valence-corrected chi connectivity index (χ0v) is 29.2. The summed E-state index contributed by atoms with van der Waals surface area (Å²) in [7, 11) is 1.43. The zero-order valence-electron chi connectivity index (χ0n) is 28.4. The molecule has 10 nitrogen and oxygen atoms in total. The number of carbonyl (C=O) groups is 3. The molecule has 0 spiro atoms. The molecule has 0 unspecified atom stereocenters. The topological polar surface area (TPSA) is 104 Å². The summed E-state index contributed by atoms with van der Waals surface area (Å²) in [5, 5.41) is 4.84. The minimum Gasteiger partial charge on any atom is -0.496 e. The highest BCUT2D eigenvalue weighted by molar-refractivity contribution is 7.13. The van der Waals surface area contributed by atoms with Gasteiger partial charge in [-0.05, 0) is 74.4 Å². The van der Waals surface area contributed by atoms with Crippen molar-refractivity contribution in [2.24, 2.45) is 0 Å². The first kappa shape index (κ1) is 34.6. The fourth-order valence-corrected chi connectivity index (χ4v) is 6.48. The molecule has 3 amide bonds. The Morgan fingerprint density at radius 1 is 1.00 bits per heavy atom. The molecule has 2 aliphatic heterocycles. The highest BCUT2D eigenvalue weighted by Gasteiger charge is 2.39. The number of nitrogens with one attached hydrogen (secondary N) is 1. The number of ether oxygens (including phenoxy) is 2. The average molecular weight is 696 g/mol. The molecule has 1 aromatic heterocycles. The lowest BCUT2D eigenvalue weighted by molar-refractivity contribution is -0.120. The van der Waals surface area contributed by atoms with E-state index in [1.54, 1.807) is 22.5 Å². The van der Waals surface area contributed by atoms with Gasteiger partial charge in [-0.3, -0.25) is 19.8 Å². The molecule has 1 fully saturated rings. The third-order valence-electron chi connectivity index (χ3n) is 8.39. The van der Waals surface area contributed by atoms with Crippen LogP contribution in [0.2, 0.25) is 0 Å². The van der Waals surface area contributed by atoms with E-state index in [0.29, 0.717) is 29.3 Å². The number of aromatic nitrogens is 1. The van der Waals surface area contributed by atoms with E-state index in [9.17, 15) is 18.8 Å². The van der Waals surface area contributed by atoms with Crippen LogP contribution in [0, 0.1) is 17.7 Å². The SMILES string of the molecule is COc1ccc(F)cc1[C@H](C(=O)Nc1nccs1)N1Cc2ccc(C#Cc3ccc(CN4CCN(C(=O)OC(C)(C)C)CC4)cc3)cc2C1=O. The quantitative estimate of drug-likeness (QED) is 0.234. The van der Waals surface area contributed by atoms with Gasteiger partial charge in [0, 0.05) is 73.1 Å². The number of amides is 3. The second kappa shape index (κ2) is 14.7. The fourth-order valence-electron chi connectivity index (χ4n) is 5.95. The van der Waals surface area contributed by atoms with Crippen molar-refractivity contribution in [1.82, 2.24) is 19.7 Å². The molecular formula is C38H38FN5O5S. The number of rotatable bonds is 7. The number of carbonyl (C=O) groups excluding carboxylic acids is 3. The minimum absolute atomic E-state index is 0.148. The number of anilines is 1. The molecule has 1 atom stereocenters. The molecular weight excluding hydrogens is 658 g/mol. The van der Waals surface area contributed by atoms with Gasteiger partial charge in [0.25, 0.3) is 11.8 Å². The van der Waals surface area contributed by atoms with E-state index < -0.39 is 23.4 Å². The first-order valence-corrected chi connectivity index (χ1v) is 17.1. The lowest BCUT2D eigenvalue weighted by Gasteiger charge is -2.35. The van der Waals surface area contributed by atoms with Crippen molar-refractivity contribution in [3.63, 3.8) is 0 Å². The van der Waals surface area contributed by atoms with E-state index in [1.165, 1.54) is 41.5 Å². The lowest BCUT2D eigenvalue weighted by Crippen LogP contribution is -2.49. The third-order valence-corrected chi connectivity index (χ3v) is 9.07. The van der Waals surface area contributed by atoms with Gasteiger partial charge in [-0.2, -0.15) is 0 Å². The van der Waals surface area contributed by atoms with Crippen molar-refractivity contribution in [2.75, 3.05) is 38.6 Å². The molecule has 1 saturated heterocycles. The molecule has 3 aromatic carbocycles. The van der Waals surface area contributed by atoms with E-state index >= 15 is 0 Å². The first-order chi connectivity index (χ1) is 24.0. The average Bonchev–Trinajstić information content (AvgIpc) is 3.71. The molecule has 0 radical (unpaired) electrons.